The van der Waals surface area contributed by atoms with E-state index in [2.05, 4.69) is 26.0 Å². The van der Waals surface area contributed by atoms with Gasteiger partial charge in [-0.15, -0.1) is 0 Å². The van der Waals surface area contributed by atoms with Crippen LogP contribution in [0.3, 0.4) is 0 Å². The lowest BCUT2D eigenvalue weighted by atomic mass is 9.85. The molecule has 0 amide bonds. The first kappa shape index (κ1) is 47.6. The predicted octanol–water partition coefficient (Wildman–Crippen LogP) is 5.94. The second-order valence-electron chi connectivity index (χ2n) is 13.8. The molecule has 13 nitrogen and oxygen atoms in total. The average Bonchev–Trinajstić information content (AvgIpc) is 3.10. The summed E-state index contributed by atoms with van der Waals surface area (Å²) < 4.78 is 33.3. The summed E-state index contributed by atoms with van der Waals surface area (Å²) in [6.45, 7) is 3.18. The van der Waals surface area contributed by atoms with Crippen molar-refractivity contribution in [1.29, 1.82) is 0 Å². The highest BCUT2D eigenvalue weighted by Crippen LogP contribution is 2.47. The molecule has 0 aromatic heterocycles. The Morgan fingerprint density at radius 1 is 0.588 bits per heavy atom. The second kappa shape index (κ2) is 29.0. The lowest BCUT2D eigenvalue weighted by molar-refractivity contribution is -0.220. The summed E-state index contributed by atoms with van der Waals surface area (Å²) in [6.07, 6.45) is 13.0. The fraction of sp³-hybridized carbons (Fsp3) is 0.892. The summed E-state index contributed by atoms with van der Waals surface area (Å²) >= 11 is 0. The van der Waals surface area contributed by atoms with E-state index in [1.807, 2.05) is 0 Å². The molecule has 1 aliphatic carbocycles. The van der Waals surface area contributed by atoms with Crippen LogP contribution < -0.4 is 0 Å². The first-order chi connectivity index (χ1) is 24.4. The van der Waals surface area contributed by atoms with Gasteiger partial charge in [0.15, 0.2) is 6.10 Å². The number of hydrogen-bond donors (Lipinski definition) is 6. The highest BCUT2D eigenvalue weighted by Gasteiger charge is 2.51. The quantitative estimate of drug-likeness (QED) is 0.0210. The third kappa shape index (κ3) is 22.4. The van der Waals surface area contributed by atoms with Crippen LogP contribution in [-0.2, 0) is 32.7 Å². The Balaban J connectivity index is 2.54. The third-order valence-corrected chi connectivity index (χ3v) is 10.1. The maximum Gasteiger partial charge on any atom is 0.472 e. The van der Waals surface area contributed by atoms with Crippen LogP contribution in [0.4, 0.5) is 0 Å². The second-order valence-corrected chi connectivity index (χ2v) is 15.2. The number of rotatable bonds is 31. The lowest BCUT2D eigenvalue weighted by Crippen LogP contribution is -2.64. The average molecular weight is 753 g/mol. The van der Waals surface area contributed by atoms with Crippen molar-refractivity contribution in [2.24, 2.45) is 0 Å². The van der Waals surface area contributed by atoms with E-state index in [1.54, 1.807) is 0 Å². The summed E-state index contributed by atoms with van der Waals surface area (Å²) in [5.41, 5.74) is 0. The number of ether oxygens (including phenoxy) is 2. The fourth-order valence-electron chi connectivity index (χ4n) is 5.88. The van der Waals surface area contributed by atoms with E-state index < -0.39 is 75.7 Å². The van der Waals surface area contributed by atoms with E-state index in [-0.39, 0.29) is 12.8 Å². The van der Waals surface area contributed by atoms with Gasteiger partial charge in [-0.05, 0) is 32.1 Å². The molecule has 0 spiro atoms. The number of phosphoric acid groups is 1. The van der Waals surface area contributed by atoms with Crippen molar-refractivity contribution in [3.05, 3.63) is 12.2 Å². The van der Waals surface area contributed by atoms with Crippen LogP contribution in [-0.4, -0.2) is 98.3 Å². The molecule has 0 aromatic rings. The molecule has 0 aliphatic heterocycles. The van der Waals surface area contributed by atoms with E-state index in [1.165, 1.54) is 51.4 Å². The molecule has 6 atom stereocenters. The molecule has 1 saturated carbocycles. The molecule has 0 bridgehead atoms. The Kier molecular flexibility index (Phi) is 27.1. The number of esters is 2. The van der Waals surface area contributed by atoms with Crippen molar-refractivity contribution in [2.45, 2.75) is 198 Å². The number of aliphatic hydroxyl groups excluding tert-OH is 5. The number of unbranched alkanes of at least 4 members (excludes halogenated alkanes) is 17. The molecule has 6 N–H and O–H groups in total. The molecule has 0 radical (unpaired) electrons. The zero-order valence-electron chi connectivity index (χ0n) is 31.2. The molecule has 1 fully saturated rings. The van der Waals surface area contributed by atoms with Gasteiger partial charge < -0.3 is 39.9 Å². The minimum atomic E-state index is -5.10. The van der Waals surface area contributed by atoms with E-state index in [0.29, 0.717) is 12.8 Å². The fourth-order valence-corrected chi connectivity index (χ4v) is 6.85. The molecular weight excluding hydrogens is 683 g/mol. The Morgan fingerprint density at radius 3 is 1.57 bits per heavy atom. The van der Waals surface area contributed by atoms with Gasteiger partial charge in [0.05, 0.1) is 6.61 Å². The van der Waals surface area contributed by atoms with Gasteiger partial charge >= 0.3 is 19.8 Å². The molecule has 300 valence electrons. The molecule has 1 rings (SSSR count). The molecule has 0 saturated heterocycles. The molecule has 0 heterocycles. The third-order valence-electron chi connectivity index (χ3n) is 9.09. The molecule has 6 unspecified atom stereocenters. The van der Waals surface area contributed by atoms with Crippen LogP contribution in [0.1, 0.15) is 155 Å². The number of allylic oxidation sites excluding steroid dienone is 2. The van der Waals surface area contributed by atoms with Gasteiger partial charge in [0, 0.05) is 12.8 Å². The smallest absolute Gasteiger partial charge is 0.462 e. The minimum absolute atomic E-state index is 0.0888. The van der Waals surface area contributed by atoms with Crippen molar-refractivity contribution in [3.8, 4) is 0 Å². The van der Waals surface area contributed by atoms with Crippen LogP contribution in [0, 0.1) is 0 Å². The van der Waals surface area contributed by atoms with Gasteiger partial charge in [-0.1, -0.05) is 122 Å². The minimum Gasteiger partial charge on any atom is -0.462 e. The largest absolute Gasteiger partial charge is 0.472 e. The molecule has 14 heteroatoms. The zero-order chi connectivity index (χ0) is 37.9. The molecule has 51 heavy (non-hydrogen) atoms. The number of phosphoric ester groups is 1. The van der Waals surface area contributed by atoms with Crippen molar-refractivity contribution < 1.29 is 63.1 Å². The first-order valence-corrected chi connectivity index (χ1v) is 21.0. The van der Waals surface area contributed by atoms with Crippen molar-refractivity contribution in [2.75, 3.05) is 13.2 Å². The maximum absolute atomic E-state index is 12.7. The summed E-state index contributed by atoms with van der Waals surface area (Å²) in [5.74, 6) is -1.11. The molecular formula is C37H69O13P. The topological polar surface area (TPSA) is 210 Å². The maximum atomic E-state index is 12.7. The predicted molar refractivity (Wildman–Crippen MR) is 194 cm³/mol. The van der Waals surface area contributed by atoms with Crippen molar-refractivity contribution in [1.82, 2.24) is 0 Å². The van der Waals surface area contributed by atoms with Gasteiger partial charge in [0.2, 0.25) is 0 Å². The zero-order valence-corrected chi connectivity index (χ0v) is 32.0. The van der Waals surface area contributed by atoms with Gasteiger partial charge in [-0.2, -0.15) is 0 Å². The summed E-state index contributed by atoms with van der Waals surface area (Å²) in [6, 6.07) is 0. The van der Waals surface area contributed by atoms with E-state index >= 15 is 0 Å². The highest BCUT2D eigenvalue weighted by molar-refractivity contribution is 7.47. The molecule has 0 aromatic carbocycles. The van der Waals surface area contributed by atoms with Crippen LogP contribution in [0.5, 0.6) is 0 Å². The van der Waals surface area contributed by atoms with Gasteiger partial charge in [0.1, 0.15) is 43.2 Å². The first-order valence-electron chi connectivity index (χ1n) is 19.5. The van der Waals surface area contributed by atoms with E-state index in [0.717, 1.165) is 64.2 Å². The van der Waals surface area contributed by atoms with Crippen molar-refractivity contribution >= 4 is 19.8 Å². The normalized spacial score (nSPS) is 24.0. The Morgan fingerprint density at radius 2 is 1.04 bits per heavy atom. The van der Waals surface area contributed by atoms with Crippen molar-refractivity contribution in [3.63, 3.8) is 0 Å². The Labute approximate surface area is 305 Å². The summed E-state index contributed by atoms with van der Waals surface area (Å²) in [5, 5.41) is 49.9. The van der Waals surface area contributed by atoms with Gasteiger partial charge in [0.25, 0.3) is 0 Å². The van der Waals surface area contributed by atoms with Crippen LogP contribution in [0.15, 0.2) is 12.2 Å². The van der Waals surface area contributed by atoms with Gasteiger partial charge in [-0.25, -0.2) is 4.57 Å². The van der Waals surface area contributed by atoms with Crippen LogP contribution in [0.2, 0.25) is 0 Å². The van der Waals surface area contributed by atoms with E-state index in [9.17, 15) is 44.6 Å². The van der Waals surface area contributed by atoms with Crippen LogP contribution >= 0.6 is 7.82 Å². The van der Waals surface area contributed by atoms with Gasteiger partial charge in [-0.3, -0.25) is 18.6 Å². The van der Waals surface area contributed by atoms with Crippen LogP contribution in [0.25, 0.3) is 0 Å². The standard InChI is InChI=1S/C37H69O13P/c1-3-5-7-9-11-13-15-16-18-19-21-23-25-30(38)47-27-29(49-31(39)26-24-22-20-17-14-12-10-8-6-4-2)28-48-51(45,46)50-37-35(43)33(41)32(40)34(42)36(37)44/h8,10,29,32-37,40-44H,3-7,9,11-28H2,1-2H3,(H,45,46)/b10-8-. The number of hydrogen-bond acceptors (Lipinski definition) is 12. The Bertz CT molecular complexity index is 964. The summed E-state index contributed by atoms with van der Waals surface area (Å²) in [4.78, 5) is 35.4. The van der Waals surface area contributed by atoms with E-state index in [4.69, 9.17) is 18.5 Å². The number of aliphatic hydroxyl groups is 5. The SMILES string of the molecule is CCC/C=C\CCCCCCCC(=O)OC(COC(=O)CCCCCCCCCCCCCC)COP(=O)(O)OC1C(O)C(O)C(O)C(O)C1O. The number of carbonyl (C=O) groups excluding carboxylic acids is 2. The lowest BCUT2D eigenvalue weighted by Gasteiger charge is -2.41. The Hall–Kier alpha value is -1.41. The summed E-state index contributed by atoms with van der Waals surface area (Å²) in [7, 11) is -5.10. The highest BCUT2D eigenvalue weighted by atomic mass is 31.2. The molecule has 1 aliphatic rings. The monoisotopic (exact) mass is 752 g/mol. The number of carbonyl (C=O) groups is 2.